The van der Waals surface area contributed by atoms with E-state index >= 15 is 0 Å². The summed E-state index contributed by atoms with van der Waals surface area (Å²) >= 11 is 5.03. The number of rotatable bonds is 7. The summed E-state index contributed by atoms with van der Waals surface area (Å²) in [7, 11) is 1.84. The number of nitrogens with zero attached hydrogens (tertiary/aromatic N) is 1. The summed E-state index contributed by atoms with van der Waals surface area (Å²) in [4.78, 5) is 14.3. The molecule has 88 valence electrons. The van der Waals surface area contributed by atoms with E-state index in [1.54, 1.807) is 0 Å². The third-order valence-electron chi connectivity index (χ3n) is 2.44. The number of hydrogen-bond acceptors (Lipinski definition) is 2. The summed E-state index contributed by atoms with van der Waals surface area (Å²) in [5.41, 5.74) is 0. The molecule has 0 aromatic carbocycles. The van der Waals surface area contributed by atoms with E-state index in [1.165, 1.54) is 0 Å². The first kappa shape index (κ1) is 14.4. The van der Waals surface area contributed by atoms with Gasteiger partial charge < -0.3 is 10.2 Å². The Morgan fingerprint density at radius 3 is 2.20 bits per heavy atom. The van der Waals surface area contributed by atoms with Crippen LogP contribution in [0.3, 0.4) is 0 Å². The molecular formula is C11H22N2OS. The number of carbonyl (C=O) groups excluding carboxylic acids is 1. The van der Waals surface area contributed by atoms with Crippen LogP contribution in [0, 0.1) is 0 Å². The maximum Gasteiger partial charge on any atom is 0.222 e. The Morgan fingerprint density at radius 2 is 1.73 bits per heavy atom. The molecular weight excluding hydrogens is 208 g/mol. The molecule has 0 bridgehead atoms. The van der Waals surface area contributed by atoms with Gasteiger partial charge in [-0.05, 0) is 33.1 Å². The molecule has 0 spiro atoms. The van der Waals surface area contributed by atoms with Crippen LogP contribution < -0.4 is 5.32 Å². The molecule has 0 aliphatic heterocycles. The van der Waals surface area contributed by atoms with Crippen molar-refractivity contribution >= 4 is 23.1 Å². The van der Waals surface area contributed by atoms with Gasteiger partial charge >= 0.3 is 0 Å². The molecule has 0 atom stereocenters. The zero-order valence-electron chi connectivity index (χ0n) is 10.0. The van der Waals surface area contributed by atoms with E-state index in [2.05, 4.69) is 5.32 Å². The maximum atomic E-state index is 11.6. The van der Waals surface area contributed by atoms with Gasteiger partial charge in [0.15, 0.2) is 0 Å². The lowest BCUT2D eigenvalue weighted by molar-refractivity contribution is -0.130. The molecule has 1 N–H and O–H groups in total. The standard InChI is InChI=1S/C11H22N2OS/c1-4-13(5-2)11(14)9-7-6-8-10(15)12-3/h4-9H2,1-3H3,(H,12,15). The number of unbranched alkanes of at least 4 members (excludes halogenated alkanes) is 1. The average Bonchev–Trinajstić information content (AvgIpc) is 2.25. The Hall–Kier alpha value is -0.640. The van der Waals surface area contributed by atoms with Crippen LogP contribution in [0.5, 0.6) is 0 Å². The molecule has 0 saturated carbocycles. The van der Waals surface area contributed by atoms with E-state index in [9.17, 15) is 4.79 Å². The minimum Gasteiger partial charge on any atom is -0.383 e. The fourth-order valence-electron chi connectivity index (χ4n) is 1.42. The van der Waals surface area contributed by atoms with Crippen LogP contribution in [-0.2, 0) is 4.79 Å². The minimum atomic E-state index is 0.260. The molecule has 0 aromatic rings. The van der Waals surface area contributed by atoms with Gasteiger partial charge in [0.1, 0.15) is 0 Å². The van der Waals surface area contributed by atoms with E-state index < -0.39 is 0 Å². The summed E-state index contributed by atoms with van der Waals surface area (Å²) in [6.45, 7) is 5.64. The quantitative estimate of drug-likeness (QED) is 0.536. The van der Waals surface area contributed by atoms with Crippen molar-refractivity contribution < 1.29 is 4.79 Å². The SMILES string of the molecule is CCN(CC)C(=O)CCCCC(=S)NC. The van der Waals surface area contributed by atoms with Gasteiger partial charge in [0.05, 0.1) is 4.99 Å². The fourth-order valence-corrected chi connectivity index (χ4v) is 1.57. The fraction of sp³-hybridized carbons (Fsp3) is 0.818. The monoisotopic (exact) mass is 230 g/mol. The van der Waals surface area contributed by atoms with Crippen LogP contribution in [0.4, 0.5) is 0 Å². The van der Waals surface area contributed by atoms with Gasteiger partial charge in [-0.25, -0.2) is 0 Å². The molecule has 0 radical (unpaired) electrons. The van der Waals surface area contributed by atoms with E-state index in [0.717, 1.165) is 37.3 Å². The summed E-state index contributed by atoms with van der Waals surface area (Å²) in [6, 6.07) is 0. The predicted octanol–water partition coefficient (Wildman–Crippen LogP) is 1.96. The van der Waals surface area contributed by atoms with Crippen molar-refractivity contribution in [1.82, 2.24) is 10.2 Å². The lowest BCUT2D eigenvalue weighted by Crippen LogP contribution is -2.30. The lowest BCUT2D eigenvalue weighted by atomic mass is 10.2. The average molecular weight is 230 g/mol. The van der Waals surface area contributed by atoms with Crippen LogP contribution in [-0.4, -0.2) is 35.9 Å². The third-order valence-corrected chi connectivity index (χ3v) is 2.85. The number of thiocarbonyl (C=S) groups is 1. The van der Waals surface area contributed by atoms with Crippen LogP contribution in [0.15, 0.2) is 0 Å². The molecule has 15 heavy (non-hydrogen) atoms. The molecule has 3 nitrogen and oxygen atoms in total. The van der Waals surface area contributed by atoms with Crippen LogP contribution in [0.1, 0.15) is 39.5 Å². The first-order valence-corrected chi connectivity index (χ1v) is 6.04. The van der Waals surface area contributed by atoms with Crippen molar-refractivity contribution in [3.63, 3.8) is 0 Å². The topological polar surface area (TPSA) is 32.3 Å². The van der Waals surface area contributed by atoms with Crippen molar-refractivity contribution in [2.24, 2.45) is 0 Å². The van der Waals surface area contributed by atoms with Gasteiger partial charge in [0.2, 0.25) is 5.91 Å². The number of hydrogen-bond donors (Lipinski definition) is 1. The maximum absolute atomic E-state index is 11.6. The van der Waals surface area contributed by atoms with E-state index in [4.69, 9.17) is 12.2 Å². The summed E-state index contributed by atoms with van der Waals surface area (Å²) < 4.78 is 0. The smallest absolute Gasteiger partial charge is 0.222 e. The highest BCUT2D eigenvalue weighted by Gasteiger charge is 2.08. The normalized spacial score (nSPS) is 9.80. The molecule has 0 fully saturated rings. The van der Waals surface area contributed by atoms with Gasteiger partial charge in [-0.2, -0.15) is 0 Å². The van der Waals surface area contributed by atoms with E-state index in [-0.39, 0.29) is 5.91 Å². The van der Waals surface area contributed by atoms with E-state index in [1.807, 2.05) is 25.8 Å². The van der Waals surface area contributed by atoms with Gasteiger partial charge in [0, 0.05) is 26.6 Å². The number of amides is 1. The summed E-state index contributed by atoms with van der Waals surface area (Å²) in [5.74, 6) is 0.260. The lowest BCUT2D eigenvalue weighted by Gasteiger charge is -2.18. The second-order valence-electron chi connectivity index (χ2n) is 3.45. The zero-order valence-corrected chi connectivity index (χ0v) is 10.8. The molecule has 0 aliphatic rings. The Balaban J connectivity index is 3.58. The van der Waals surface area contributed by atoms with Crippen molar-refractivity contribution in [2.75, 3.05) is 20.1 Å². The molecule has 0 saturated heterocycles. The molecule has 0 aromatic heterocycles. The molecule has 1 amide bonds. The highest BCUT2D eigenvalue weighted by atomic mass is 32.1. The van der Waals surface area contributed by atoms with Crippen molar-refractivity contribution in [3.8, 4) is 0 Å². The van der Waals surface area contributed by atoms with Gasteiger partial charge in [-0.1, -0.05) is 12.2 Å². The Bertz CT molecular complexity index is 203. The van der Waals surface area contributed by atoms with Crippen molar-refractivity contribution in [3.05, 3.63) is 0 Å². The second-order valence-corrected chi connectivity index (χ2v) is 3.94. The van der Waals surface area contributed by atoms with Crippen LogP contribution in [0.25, 0.3) is 0 Å². The second kappa shape index (κ2) is 8.65. The molecule has 0 unspecified atom stereocenters. The van der Waals surface area contributed by atoms with Crippen molar-refractivity contribution in [1.29, 1.82) is 0 Å². The highest BCUT2D eigenvalue weighted by molar-refractivity contribution is 7.80. The predicted molar refractivity (Wildman–Crippen MR) is 68.1 cm³/mol. The van der Waals surface area contributed by atoms with Gasteiger partial charge in [-0.3, -0.25) is 4.79 Å². The molecule has 0 heterocycles. The van der Waals surface area contributed by atoms with Crippen molar-refractivity contribution in [2.45, 2.75) is 39.5 Å². The number of carbonyl (C=O) groups is 1. The third kappa shape index (κ3) is 6.44. The number of nitrogens with one attached hydrogen (secondary N) is 1. The first-order valence-electron chi connectivity index (χ1n) is 5.64. The molecule has 4 heteroatoms. The Kier molecular flexibility index (Phi) is 8.28. The largest absolute Gasteiger partial charge is 0.383 e. The Labute approximate surface area is 98.2 Å². The molecule has 0 rings (SSSR count). The highest BCUT2D eigenvalue weighted by Crippen LogP contribution is 2.03. The summed E-state index contributed by atoms with van der Waals surface area (Å²) in [5, 5.41) is 2.93. The Morgan fingerprint density at radius 1 is 1.20 bits per heavy atom. The zero-order chi connectivity index (χ0) is 11.7. The minimum absolute atomic E-state index is 0.260. The van der Waals surface area contributed by atoms with Crippen LogP contribution in [0.2, 0.25) is 0 Å². The van der Waals surface area contributed by atoms with Crippen LogP contribution >= 0.6 is 12.2 Å². The van der Waals surface area contributed by atoms with E-state index in [0.29, 0.717) is 6.42 Å². The summed E-state index contributed by atoms with van der Waals surface area (Å²) in [6.07, 6.45) is 3.45. The van der Waals surface area contributed by atoms with Gasteiger partial charge in [-0.15, -0.1) is 0 Å². The molecule has 0 aliphatic carbocycles. The first-order chi connectivity index (χ1) is 7.15. The van der Waals surface area contributed by atoms with Gasteiger partial charge in [0.25, 0.3) is 0 Å².